The summed E-state index contributed by atoms with van der Waals surface area (Å²) in [7, 11) is 0. The van der Waals surface area contributed by atoms with Crippen molar-refractivity contribution >= 4 is 17.5 Å². The van der Waals surface area contributed by atoms with Gasteiger partial charge in [0.15, 0.2) is 0 Å². The monoisotopic (exact) mass is 290 g/mol. The van der Waals surface area contributed by atoms with Gasteiger partial charge >= 0.3 is 5.69 Å². The molecule has 0 saturated heterocycles. The summed E-state index contributed by atoms with van der Waals surface area (Å²) in [4.78, 5) is 29.6. The van der Waals surface area contributed by atoms with Gasteiger partial charge in [-0.2, -0.15) is 4.39 Å². The zero-order valence-electron chi connectivity index (χ0n) is 11.3. The Morgan fingerprint density at radius 3 is 2.38 bits per heavy atom. The van der Waals surface area contributed by atoms with Gasteiger partial charge < -0.3 is 0 Å². The van der Waals surface area contributed by atoms with Crippen molar-refractivity contribution in [2.45, 2.75) is 13.8 Å². The van der Waals surface area contributed by atoms with E-state index in [0.717, 1.165) is 12.1 Å². The third kappa shape index (κ3) is 3.35. The largest absolute Gasteiger partial charge is 0.304 e. The fourth-order valence-corrected chi connectivity index (χ4v) is 1.75. The average molecular weight is 290 g/mol. The Morgan fingerprint density at radius 2 is 1.86 bits per heavy atom. The maximum atomic E-state index is 13.5. The first-order valence-electron chi connectivity index (χ1n) is 5.94. The molecule has 0 bridgehead atoms. The van der Waals surface area contributed by atoms with E-state index in [4.69, 9.17) is 0 Å². The van der Waals surface area contributed by atoms with Crippen LogP contribution < -0.4 is 5.32 Å². The summed E-state index contributed by atoms with van der Waals surface area (Å²) in [6.45, 7) is 3.49. The molecule has 2 aromatic rings. The molecule has 0 aliphatic carbocycles. The van der Waals surface area contributed by atoms with E-state index in [0.29, 0.717) is 11.4 Å². The van der Waals surface area contributed by atoms with Crippen LogP contribution in [0.5, 0.6) is 0 Å². The van der Waals surface area contributed by atoms with Gasteiger partial charge in [0, 0.05) is 23.0 Å². The van der Waals surface area contributed by atoms with Crippen LogP contribution in [0.1, 0.15) is 21.7 Å². The van der Waals surface area contributed by atoms with Crippen molar-refractivity contribution in [3.63, 3.8) is 0 Å². The van der Waals surface area contributed by atoms with E-state index >= 15 is 0 Å². The molecule has 0 aliphatic rings. The van der Waals surface area contributed by atoms with Gasteiger partial charge in [-0.25, -0.2) is 9.97 Å². The zero-order valence-corrected chi connectivity index (χ0v) is 11.3. The van der Waals surface area contributed by atoms with Crippen molar-refractivity contribution in [3.05, 3.63) is 57.1 Å². The number of nitrogens with zero attached hydrogens (tertiary/aromatic N) is 3. The second-order valence-electron chi connectivity index (χ2n) is 4.35. The molecule has 0 saturated carbocycles. The maximum absolute atomic E-state index is 13.5. The number of nitrogens with one attached hydrogen (secondary N) is 1. The zero-order chi connectivity index (χ0) is 15.6. The molecule has 1 amide bonds. The van der Waals surface area contributed by atoms with E-state index in [1.165, 1.54) is 6.07 Å². The van der Waals surface area contributed by atoms with E-state index in [-0.39, 0.29) is 11.5 Å². The first-order chi connectivity index (χ1) is 9.86. The summed E-state index contributed by atoms with van der Waals surface area (Å²) in [5.41, 5.74) is 0.607. The Hall–Kier alpha value is -2.90. The molecule has 8 heteroatoms. The van der Waals surface area contributed by atoms with Crippen molar-refractivity contribution in [2.75, 3.05) is 5.32 Å². The Bertz CT molecular complexity index is 713. The standard InChI is InChI=1S/C13H11FN4O3/c1-7-5-8(2)16-13(15-7)17-12(19)9-3-4-11(18(20)21)10(14)6-9/h3-6H,1-2H3,(H,15,16,17,19). The molecule has 1 aromatic heterocycles. The number of hydrogen-bond donors (Lipinski definition) is 1. The molecule has 7 nitrogen and oxygen atoms in total. The fraction of sp³-hybridized carbons (Fsp3) is 0.154. The van der Waals surface area contributed by atoms with Crippen LogP contribution in [0.2, 0.25) is 0 Å². The van der Waals surface area contributed by atoms with Crippen LogP contribution in [0.3, 0.4) is 0 Å². The van der Waals surface area contributed by atoms with Gasteiger partial charge in [-0.3, -0.25) is 20.2 Å². The third-order valence-corrected chi connectivity index (χ3v) is 2.61. The first kappa shape index (κ1) is 14.5. The van der Waals surface area contributed by atoms with Gasteiger partial charge in [0.25, 0.3) is 5.91 Å². The second-order valence-corrected chi connectivity index (χ2v) is 4.35. The number of benzene rings is 1. The van der Waals surface area contributed by atoms with Gasteiger partial charge in [-0.15, -0.1) is 0 Å². The minimum Gasteiger partial charge on any atom is -0.290 e. The molecule has 1 heterocycles. The number of nitro benzene ring substituents is 1. The topological polar surface area (TPSA) is 98.0 Å². The number of halogens is 1. The van der Waals surface area contributed by atoms with Gasteiger partial charge in [-0.1, -0.05) is 0 Å². The number of anilines is 1. The van der Waals surface area contributed by atoms with Crippen LogP contribution in [-0.2, 0) is 0 Å². The lowest BCUT2D eigenvalue weighted by atomic mass is 10.2. The van der Waals surface area contributed by atoms with Crippen molar-refractivity contribution in [1.82, 2.24) is 9.97 Å². The van der Waals surface area contributed by atoms with Crippen LogP contribution in [-0.4, -0.2) is 20.8 Å². The highest BCUT2D eigenvalue weighted by molar-refractivity contribution is 6.03. The van der Waals surface area contributed by atoms with E-state index < -0.39 is 22.3 Å². The molecule has 0 radical (unpaired) electrons. The second kappa shape index (κ2) is 5.61. The summed E-state index contributed by atoms with van der Waals surface area (Å²) < 4.78 is 13.5. The molecule has 0 spiro atoms. The van der Waals surface area contributed by atoms with Crippen LogP contribution in [0.15, 0.2) is 24.3 Å². The minimum absolute atomic E-state index is 0.0548. The summed E-state index contributed by atoms with van der Waals surface area (Å²) in [5, 5.41) is 12.9. The number of amides is 1. The SMILES string of the molecule is Cc1cc(C)nc(NC(=O)c2ccc([N+](=O)[O-])c(F)c2)n1. The van der Waals surface area contributed by atoms with Gasteiger partial charge in [0.1, 0.15) is 0 Å². The Balaban J connectivity index is 2.24. The summed E-state index contributed by atoms with van der Waals surface area (Å²) in [6, 6.07) is 4.64. The lowest BCUT2D eigenvalue weighted by molar-refractivity contribution is -0.387. The van der Waals surface area contributed by atoms with Crippen molar-refractivity contribution < 1.29 is 14.1 Å². The van der Waals surface area contributed by atoms with Crippen molar-refractivity contribution in [3.8, 4) is 0 Å². The smallest absolute Gasteiger partial charge is 0.290 e. The van der Waals surface area contributed by atoms with Crippen LogP contribution in [0, 0.1) is 29.8 Å². The average Bonchev–Trinajstić information content (AvgIpc) is 2.36. The predicted molar refractivity (Wildman–Crippen MR) is 72.5 cm³/mol. The minimum atomic E-state index is -1.08. The highest BCUT2D eigenvalue weighted by atomic mass is 19.1. The number of rotatable bonds is 3. The van der Waals surface area contributed by atoms with Crippen molar-refractivity contribution in [1.29, 1.82) is 0 Å². The Morgan fingerprint density at radius 1 is 1.24 bits per heavy atom. The first-order valence-corrected chi connectivity index (χ1v) is 5.94. The highest BCUT2D eigenvalue weighted by Gasteiger charge is 2.17. The van der Waals surface area contributed by atoms with Crippen LogP contribution >= 0.6 is 0 Å². The Labute approximate surface area is 119 Å². The lowest BCUT2D eigenvalue weighted by Crippen LogP contribution is -2.15. The molecule has 1 N–H and O–H groups in total. The quantitative estimate of drug-likeness (QED) is 0.691. The number of nitro groups is 1. The van der Waals surface area contributed by atoms with E-state index in [9.17, 15) is 19.3 Å². The predicted octanol–water partition coefficient (Wildman–Crippen LogP) is 2.39. The molecule has 0 fully saturated rings. The fourth-order valence-electron chi connectivity index (χ4n) is 1.75. The number of carbonyl (C=O) groups excluding carboxylic acids is 1. The van der Waals surface area contributed by atoms with Gasteiger partial charge in [0.2, 0.25) is 11.8 Å². The van der Waals surface area contributed by atoms with Gasteiger partial charge in [0.05, 0.1) is 4.92 Å². The molecule has 0 unspecified atom stereocenters. The molecule has 0 aliphatic heterocycles. The molecule has 1 aromatic carbocycles. The number of aromatic nitrogens is 2. The molecular weight excluding hydrogens is 279 g/mol. The van der Waals surface area contributed by atoms with E-state index in [2.05, 4.69) is 15.3 Å². The van der Waals surface area contributed by atoms with Gasteiger partial charge in [-0.05, 0) is 32.0 Å². The summed E-state index contributed by atoms with van der Waals surface area (Å²) in [5.74, 6) is -1.63. The van der Waals surface area contributed by atoms with Crippen LogP contribution in [0.4, 0.5) is 16.0 Å². The molecule has 2 rings (SSSR count). The molecule has 0 atom stereocenters. The number of carbonyl (C=O) groups is 1. The number of hydrogen-bond acceptors (Lipinski definition) is 5. The highest BCUT2D eigenvalue weighted by Crippen LogP contribution is 2.18. The Kier molecular flexibility index (Phi) is 3.88. The summed E-state index contributed by atoms with van der Waals surface area (Å²) >= 11 is 0. The lowest BCUT2D eigenvalue weighted by Gasteiger charge is -2.05. The van der Waals surface area contributed by atoms with Crippen LogP contribution in [0.25, 0.3) is 0 Å². The third-order valence-electron chi connectivity index (χ3n) is 2.61. The number of aryl methyl sites for hydroxylation is 2. The van der Waals surface area contributed by atoms with Crippen molar-refractivity contribution in [2.24, 2.45) is 0 Å². The molecule has 21 heavy (non-hydrogen) atoms. The maximum Gasteiger partial charge on any atom is 0.304 e. The normalized spacial score (nSPS) is 10.2. The molecular formula is C13H11FN4O3. The van der Waals surface area contributed by atoms with E-state index in [1.54, 1.807) is 19.9 Å². The summed E-state index contributed by atoms with van der Waals surface area (Å²) in [6.07, 6.45) is 0. The molecule has 108 valence electrons. The van der Waals surface area contributed by atoms with E-state index in [1.807, 2.05) is 0 Å².